The second kappa shape index (κ2) is 8.30. The number of aryl methyl sites for hydroxylation is 2. The number of nitro benzene ring substituents is 1. The second-order valence-electron chi connectivity index (χ2n) is 6.93. The monoisotopic (exact) mass is 434 g/mol. The van der Waals surface area contributed by atoms with Crippen molar-refractivity contribution < 1.29 is 14.1 Å². The van der Waals surface area contributed by atoms with Gasteiger partial charge >= 0.3 is 0 Å². The Balaban J connectivity index is 1.77. The van der Waals surface area contributed by atoms with E-state index in [0.29, 0.717) is 29.1 Å². The van der Waals surface area contributed by atoms with Gasteiger partial charge in [-0.3, -0.25) is 24.7 Å². The summed E-state index contributed by atoms with van der Waals surface area (Å²) in [6.07, 6.45) is 2.01. The quantitative estimate of drug-likeness (QED) is 0.349. The van der Waals surface area contributed by atoms with E-state index >= 15 is 0 Å². The van der Waals surface area contributed by atoms with Crippen LogP contribution < -0.4 is 10.9 Å². The molecule has 0 aliphatic carbocycles. The first kappa shape index (κ1) is 20.7. The summed E-state index contributed by atoms with van der Waals surface area (Å²) in [5.41, 5.74) is 0.945. The van der Waals surface area contributed by atoms with Gasteiger partial charge in [0.2, 0.25) is 5.95 Å². The van der Waals surface area contributed by atoms with Gasteiger partial charge in [0.25, 0.3) is 17.2 Å². The molecule has 1 aromatic carbocycles. The Kier molecular flexibility index (Phi) is 5.37. The molecule has 0 unspecified atom stereocenters. The lowest BCUT2D eigenvalue weighted by atomic mass is 10.1. The molecule has 32 heavy (non-hydrogen) atoms. The lowest BCUT2D eigenvalue weighted by Gasteiger charge is -2.09. The van der Waals surface area contributed by atoms with Crippen LogP contribution in [0.2, 0.25) is 0 Å². The van der Waals surface area contributed by atoms with Crippen molar-refractivity contribution in [2.24, 2.45) is 0 Å². The standard InChI is InChI=1S/C21H18N6O5/c1-3-14-10-19(28)24-21(22-14)26-18(11-15(25-26)17-5-4-8-32-17)23-20(29)13-7-6-12(2)16(9-13)27(30)31/h4-11H,3H2,1-2H3,(H,23,29)(H,22,24,28). The third kappa shape index (κ3) is 4.03. The highest BCUT2D eigenvalue weighted by Gasteiger charge is 2.20. The molecule has 11 nitrogen and oxygen atoms in total. The maximum absolute atomic E-state index is 12.9. The van der Waals surface area contributed by atoms with E-state index < -0.39 is 10.8 Å². The Hall–Kier alpha value is -4.54. The van der Waals surface area contributed by atoms with Crippen LogP contribution in [0.15, 0.2) is 57.9 Å². The summed E-state index contributed by atoms with van der Waals surface area (Å²) in [7, 11) is 0. The zero-order valence-corrected chi connectivity index (χ0v) is 17.2. The highest BCUT2D eigenvalue weighted by molar-refractivity contribution is 6.04. The molecule has 0 bridgehead atoms. The number of hydrogen-bond donors (Lipinski definition) is 2. The van der Waals surface area contributed by atoms with Crippen LogP contribution in [0.25, 0.3) is 17.4 Å². The van der Waals surface area contributed by atoms with Gasteiger partial charge in [-0.05, 0) is 31.5 Å². The molecule has 0 saturated heterocycles. The number of benzene rings is 1. The van der Waals surface area contributed by atoms with Gasteiger partial charge in [-0.1, -0.05) is 13.0 Å². The Morgan fingerprint density at radius 1 is 1.28 bits per heavy atom. The molecule has 0 atom stereocenters. The summed E-state index contributed by atoms with van der Waals surface area (Å²) in [5.74, 6) is 0.159. The van der Waals surface area contributed by atoms with E-state index in [1.165, 1.54) is 35.2 Å². The highest BCUT2D eigenvalue weighted by atomic mass is 16.6. The molecule has 3 heterocycles. The minimum absolute atomic E-state index is 0.0957. The third-order valence-corrected chi connectivity index (χ3v) is 4.74. The van der Waals surface area contributed by atoms with Crippen molar-refractivity contribution in [2.75, 3.05) is 5.32 Å². The highest BCUT2D eigenvalue weighted by Crippen LogP contribution is 2.25. The van der Waals surface area contributed by atoms with Gasteiger partial charge < -0.3 is 9.73 Å². The van der Waals surface area contributed by atoms with Crippen molar-refractivity contribution in [1.29, 1.82) is 0 Å². The largest absolute Gasteiger partial charge is 0.463 e. The third-order valence-electron chi connectivity index (χ3n) is 4.74. The molecule has 11 heteroatoms. The van der Waals surface area contributed by atoms with Crippen LogP contribution in [0.4, 0.5) is 11.5 Å². The van der Waals surface area contributed by atoms with Gasteiger partial charge in [-0.15, -0.1) is 0 Å². The summed E-state index contributed by atoms with van der Waals surface area (Å²) in [5, 5.41) is 18.3. The van der Waals surface area contributed by atoms with E-state index in [9.17, 15) is 19.7 Å². The van der Waals surface area contributed by atoms with Crippen LogP contribution in [-0.4, -0.2) is 30.6 Å². The minimum Gasteiger partial charge on any atom is -0.463 e. The molecule has 2 N–H and O–H groups in total. The summed E-state index contributed by atoms with van der Waals surface area (Å²) >= 11 is 0. The van der Waals surface area contributed by atoms with Crippen LogP contribution in [0.1, 0.15) is 28.5 Å². The summed E-state index contributed by atoms with van der Waals surface area (Å²) in [4.78, 5) is 42.6. The Bertz CT molecular complexity index is 1370. The van der Waals surface area contributed by atoms with Gasteiger partial charge in [-0.2, -0.15) is 9.78 Å². The number of hydrogen-bond acceptors (Lipinski definition) is 7. The zero-order valence-electron chi connectivity index (χ0n) is 17.2. The average Bonchev–Trinajstić information content (AvgIpc) is 3.43. The van der Waals surface area contributed by atoms with Crippen LogP contribution in [0, 0.1) is 17.0 Å². The van der Waals surface area contributed by atoms with E-state index in [0.717, 1.165) is 0 Å². The average molecular weight is 434 g/mol. The lowest BCUT2D eigenvalue weighted by Crippen LogP contribution is -2.19. The minimum atomic E-state index is -0.589. The van der Waals surface area contributed by atoms with Gasteiger partial charge in [0.1, 0.15) is 11.5 Å². The van der Waals surface area contributed by atoms with Crippen LogP contribution in [0.3, 0.4) is 0 Å². The smallest absolute Gasteiger partial charge is 0.273 e. The number of carbonyl (C=O) groups is 1. The number of H-pyrrole nitrogens is 1. The number of nitrogens with one attached hydrogen (secondary N) is 2. The van der Waals surface area contributed by atoms with E-state index in [1.54, 1.807) is 25.1 Å². The van der Waals surface area contributed by atoms with Gasteiger partial charge in [0.15, 0.2) is 5.76 Å². The first-order valence-corrected chi connectivity index (χ1v) is 9.66. The molecular formula is C21H18N6O5. The SMILES string of the molecule is CCc1cc(=O)[nH]c(-n2nc(-c3ccco3)cc2NC(=O)c2ccc(C)c([N+](=O)[O-])c2)n1. The molecule has 162 valence electrons. The van der Waals surface area contributed by atoms with Crippen molar-refractivity contribution >= 4 is 17.4 Å². The topological polar surface area (TPSA) is 149 Å². The van der Waals surface area contributed by atoms with E-state index in [4.69, 9.17) is 4.42 Å². The van der Waals surface area contributed by atoms with Gasteiger partial charge in [0, 0.05) is 35.0 Å². The predicted octanol–water partition coefficient (Wildman–Crippen LogP) is 3.25. The van der Waals surface area contributed by atoms with Crippen molar-refractivity contribution in [2.45, 2.75) is 20.3 Å². The molecule has 0 radical (unpaired) electrons. The predicted molar refractivity (Wildman–Crippen MR) is 115 cm³/mol. The van der Waals surface area contributed by atoms with Crippen molar-refractivity contribution in [3.05, 3.63) is 86.0 Å². The first-order valence-electron chi connectivity index (χ1n) is 9.66. The number of nitro groups is 1. The number of aromatic nitrogens is 4. The maximum atomic E-state index is 12.9. The summed E-state index contributed by atoms with van der Waals surface area (Å²) < 4.78 is 6.66. The zero-order chi connectivity index (χ0) is 22.8. The van der Waals surface area contributed by atoms with Gasteiger partial charge in [-0.25, -0.2) is 4.98 Å². The van der Waals surface area contributed by atoms with E-state index in [2.05, 4.69) is 20.4 Å². The van der Waals surface area contributed by atoms with Gasteiger partial charge in [0.05, 0.1) is 11.2 Å². The fourth-order valence-electron chi connectivity index (χ4n) is 3.09. The van der Waals surface area contributed by atoms with Crippen molar-refractivity contribution in [3.8, 4) is 17.4 Å². The number of furan rings is 1. The molecule has 1 amide bonds. The Labute approximate surface area is 180 Å². The van der Waals surface area contributed by atoms with Crippen LogP contribution >= 0.6 is 0 Å². The number of rotatable bonds is 6. The van der Waals surface area contributed by atoms with Crippen molar-refractivity contribution in [3.63, 3.8) is 0 Å². The number of anilines is 1. The van der Waals surface area contributed by atoms with Crippen LogP contribution in [-0.2, 0) is 6.42 Å². The summed E-state index contributed by atoms with van der Waals surface area (Å²) in [6, 6.07) is 10.5. The Morgan fingerprint density at radius 2 is 2.09 bits per heavy atom. The van der Waals surface area contributed by atoms with E-state index in [-0.39, 0.29) is 28.6 Å². The maximum Gasteiger partial charge on any atom is 0.273 e. The Morgan fingerprint density at radius 3 is 2.78 bits per heavy atom. The number of aromatic amines is 1. The molecule has 3 aromatic heterocycles. The number of nitrogens with zero attached hydrogens (tertiary/aromatic N) is 4. The molecule has 4 aromatic rings. The first-order chi connectivity index (χ1) is 15.4. The van der Waals surface area contributed by atoms with Crippen molar-refractivity contribution in [1.82, 2.24) is 19.7 Å². The molecule has 4 rings (SSSR count). The molecule has 0 aliphatic heterocycles. The molecule has 0 saturated carbocycles. The lowest BCUT2D eigenvalue weighted by molar-refractivity contribution is -0.385. The number of amides is 1. The fourth-order valence-corrected chi connectivity index (χ4v) is 3.09. The molecule has 0 aliphatic rings. The summed E-state index contributed by atoms with van der Waals surface area (Å²) in [6.45, 7) is 3.45. The molecule has 0 fully saturated rings. The molecular weight excluding hydrogens is 416 g/mol. The number of carbonyl (C=O) groups excluding carboxylic acids is 1. The normalized spacial score (nSPS) is 10.8. The van der Waals surface area contributed by atoms with E-state index in [1.807, 2.05) is 6.92 Å². The van der Waals surface area contributed by atoms with Crippen LogP contribution in [0.5, 0.6) is 0 Å². The second-order valence-corrected chi connectivity index (χ2v) is 6.93. The molecule has 0 spiro atoms. The fraction of sp³-hybridized carbons (Fsp3) is 0.143.